The van der Waals surface area contributed by atoms with Crippen molar-refractivity contribution in [2.45, 2.75) is 25.7 Å². The maximum Gasteiger partial charge on any atom is 0.118 e. The molecule has 2 aliphatic rings. The normalized spacial score (nSPS) is 28.4. The summed E-state index contributed by atoms with van der Waals surface area (Å²) >= 11 is 0. The Morgan fingerprint density at radius 2 is 1.95 bits per heavy atom. The zero-order valence-corrected chi connectivity index (χ0v) is 11.6. The van der Waals surface area contributed by atoms with E-state index in [1.807, 2.05) is 12.1 Å². The lowest BCUT2D eigenvalue weighted by Gasteiger charge is -2.15. The van der Waals surface area contributed by atoms with E-state index in [1.165, 1.54) is 24.8 Å². The van der Waals surface area contributed by atoms with Crippen molar-refractivity contribution < 1.29 is 4.74 Å². The van der Waals surface area contributed by atoms with Gasteiger partial charge in [0.15, 0.2) is 0 Å². The number of hydrogen-bond acceptors (Lipinski definition) is 1. The van der Waals surface area contributed by atoms with Crippen molar-refractivity contribution >= 4 is 0 Å². The molecule has 3 unspecified atom stereocenters. The van der Waals surface area contributed by atoms with Gasteiger partial charge >= 0.3 is 0 Å². The highest BCUT2D eigenvalue weighted by Crippen LogP contribution is 2.44. The van der Waals surface area contributed by atoms with Crippen LogP contribution < -0.4 is 4.74 Å². The average Bonchev–Trinajstić information content (AvgIpc) is 3.07. The van der Waals surface area contributed by atoms with Gasteiger partial charge in [-0.2, -0.15) is 0 Å². The first-order chi connectivity index (χ1) is 9.35. The van der Waals surface area contributed by atoms with Gasteiger partial charge in [0.1, 0.15) is 5.75 Å². The molecule has 1 aromatic carbocycles. The molecule has 1 saturated carbocycles. The Kier molecular flexibility index (Phi) is 3.72. The first-order valence-corrected chi connectivity index (χ1v) is 7.31. The van der Waals surface area contributed by atoms with Crippen LogP contribution in [0.5, 0.6) is 5.75 Å². The van der Waals surface area contributed by atoms with Crippen LogP contribution in [0, 0.1) is 17.8 Å². The van der Waals surface area contributed by atoms with Crippen molar-refractivity contribution in [2.75, 3.05) is 7.11 Å². The molecule has 0 N–H and O–H groups in total. The summed E-state index contributed by atoms with van der Waals surface area (Å²) in [6.45, 7) is 0. The van der Waals surface area contributed by atoms with Crippen LogP contribution in [-0.2, 0) is 6.42 Å². The van der Waals surface area contributed by atoms with Gasteiger partial charge in [0.2, 0.25) is 0 Å². The third-order valence-electron chi connectivity index (χ3n) is 4.53. The molecule has 0 spiro atoms. The molecule has 1 fully saturated rings. The van der Waals surface area contributed by atoms with Crippen molar-refractivity contribution in [2.24, 2.45) is 17.8 Å². The standard InChI is InChI=1S/C18H22O/c1-19-18-10-7-14(8-11-18)4-2-3-5-16-12-15-6-9-17(16)13-15/h2-3,6-11,15-17H,4-5,12-13H2,1H3/b3-2+. The number of hydrogen-bond donors (Lipinski definition) is 0. The van der Waals surface area contributed by atoms with Crippen LogP contribution in [0.1, 0.15) is 24.8 Å². The van der Waals surface area contributed by atoms with Crippen molar-refractivity contribution in [3.63, 3.8) is 0 Å². The summed E-state index contributed by atoms with van der Waals surface area (Å²) in [5.41, 5.74) is 1.35. The number of methoxy groups -OCH3 is 1. The Morgan fingerprint density at radius 3 is 2.58 bits per heavy atom. The van der Waals surface area contributed by atoms with Crippen LogP contribution in [0.25, 0.3) is 0 Å². The summed E-state index contributed by atoms with van der Waals surface area (Å²) in [6, 6.07) is 8.35. The van der Waals surface area contributed by atoms with Crippen LogP contribution in [0.3, 0.4) is 0 Å². The van der Waals surface area contributed by atoms with Crippen LogP contribution in [0.4, 0.5) is 0 Å². The minimum absolute atomic E-state index is 0.871. The maximum absolute atomic E-state index is 5.17. The van der Waals surface area contributed by atoms with Gasteiger partial charge in [-0.25, -0.2) is 0 Å². The van der Waals surface area contributed by atoms with E-state index in [4.69, 9.17) is 4.74 Å². The lowest BCUT2D eigenvalue weighted by molar-refractivity contribution is 0.414. The molecule has 2 aliphatic carbocycles. The van der Waals surface area contributed by atoms with Crippen molar-refractivity contribution in [1.29, 1.82) is 0 Å². The SMILES string of the molecule is COc1ccc(C/C=C/CC2CC3C=CC2C3)cc1. The fourth-order valence-corrected chi connectivity index (χ4v) is 3.42. The van der Waals surface area contributed by atoms with E-state index in [1.54, 1.807) is 7.11 Å². The Morgan fingerprint density at radius 1 is 1.11 bits per heavy atom. The summed E-state index contributed by atoms with van der Waals surface area (Å²) in [7, 11) is 1.71. The zero-order valence-electron chi connectivity index (χ0n) is 11.6. The molecule has 19 heavy (non-hydrogen) atoms. The molecule has 2 bridgehead atoms. The van der Waals surface area contributed by atoms with E-state index in [9.17, 15) is 0 Å². The molecule has 0 aliphatic heterocycles. The summed E-state index contributed by atoms with van der Waals surface area (Å²) in [5, 5.41) is 0. The number of allylic oxidation sites excluding steroid dienone is 4. The molecule has 100 valence electrons. The zero-order chi connectivity index (χ0) is 13.1. The largest absolute Gasteiger partial charge is 0.497 e. The van der Waals surface area contributed by atoms with E-state index < -0.39 is 0 Å². The van der Waals surface area contributed by atoms with Crippen LogP contribution in [0.15, 0.2) is 48.6 Å². The fraction of sp³-hybridized carbons (Fsp3) is 0.444. The molecule has 0 heterocycles. The quantitative estimate of drug-likeness (QED) is 0.708. The Hall–Kier alpha value is -1.50. The van der Waals surface area contributed by atoms with Crippen LogP contribution in [-0.4, -0.2) is 7.11 Å². The molecular formula is C18H22O. The first kappa shape index (κ1) is 12.5. The minimum Gasteiger partial charge on any atom is -0.497 e. The Balaban J connectivity index is 1.46. The van der Waals surface area contributed by atoms with Gasteiger partial charge in [0, 0.05) is 0 Å². The van der Waals surface area contributed by atoms with Gasteiger partial charge in [-0.15, -0.1) is 0 Å². The molecule has 1 nitrogen and oxygen atoms in total. The van der Waals surface area contributed by atoms with Crippen molar-refractivity contribution in [3.8, 4) is 5.75 Å². The number of rotatable bonds is 5. The number of ether oxygens (including phenoxy) is 1. The molecule has 0 radical (unpaired) electrons. The highest BCUT2D eigenvalue weighted by atomic mass is 16.5. The van der Waals surface area contributed by atoms with Gasteiger partial charge in [0.25, 0.3) is 0 Å². The molecule has 1 aromatic rings. The van der Waals surface area contributed by atoms with E-state index in [-0.39, 0.29) is 0 Å². The van der Waals surface area contributed by atoms with Gasteiger partial charge in [-0.1, -0.05) is 36.4 Å². The Labute approximate surface area is 116 Å². The van der Waals surface area contributed by atoms with Crippen molar-refractivity contribution in [1.82, 2.24) is 0 Å². The molecular weight excluding hydrogens is 232 g/mol. The first-order valence-electron chi connectivity index (χ1n) is 7.31. The second-order valence-electron chi connectivity index (χ2n) is 5.80. The van der Waals surface area contributed by atoms with Gasteiger partial charge in [-0.3, -0.25) is 0 Å². The molecule has 0 amide bonds. The molecule has 0 saturated heterocycles. The van der Waals surface area contributed by atoms with Crippen LogP contribution in [0.2, 0.25) is 0 Å². The predicted octanol–water partition coefficient (Wildman–Crippen LogP) is 4.40. The maximum atomic E-state index is 5.17. The second kappa shape index (κ2) is 5.64. The third-order valence-corrected chi connectivity index (χ3v) is 4.53. The molecule has 3 atom stereocenters. The van der Waals surface area contributed by atoms with Crippen molar-refractivity contribution in [3.05, 3.63) is 54.1 Å². The molecule has 0 aromatic heterocycles. The van der Waals surface area contributed by atoms with Gasteiger partial charge in [0.05, 0.1) is 7.11 Å². The summed E-state index contributed by atoms with van der Waals surface area (Å²) < 4.78 is 5.17. The van der Waals surface area contributed by atoms with Gasteiger partial charge < -0.3 is 4.74 Å². The van der Waals surface area contributed by atoms with Gasteiger partial charge in [-0.05, 0) is 61.1 Å². The predicted molar refractivity (Wildman–Crippen MR) is 79.3 cm³/mol. The lowest BCUT2D eigenvalue weighted by Crippen LogP contribution is -2.05. The lowest BCUT2D eigenvalue weighted by atomic mass is 9.90. The summed E-state index contributed by atoms with van der Waals surface area (Å²) in [4.78, 5) is 0. The topological polar surface area (TPSA) is 9.23 Å². The number of fused-ring (bicyclic) bond motifs is 2. The number of benzene rings is 1. The molecule has 1 heteroatoms. The fourth-order valence-electron chi connectivity index (χ4n) is 3.42. The third kappa shape index (κ3) is 2.91. The second-order valence-corrected chi connectivity index (χ2v) is 5.80. The summed E-state index contributed by atoms with van der Waals surface area (Å²) in [6.07, 6.45) is 14.7. The highest BCUT2D eigenvalue weighted by Gasteiger charge is 2.34. The average molecular weight is 254 g/mol. The monoisotopic (exact) mass is 254 g/mol. The highest BCUT2D eigenvalue weighted by molar-refractivity contribution is 5.28. The summed E-state index contributed by atoms with van der Waals surface area (Å²) in [5.74, 6) is 3.60. The Bertz CT molecular complexity index is 469. The molecule has 3 rings (SSSR count). The smallest absolute Gasteiger partial charge is 0.118 e. The van der Waals surface area contributed by atoms with E-state index in [0.717, 1.165) is 29.9 Å². The van der Waals surface area contributed by atoms with E-state index in [2.05, 4.69) is 36.4 Å². The van der Waals surface area contributed by atoms with E-state index in [0.29, 0.717) is 0 Å². The minimum atomic E-state index is 0.871. The van der Waals surface area contributed by atoms with E-state index >= 15 is 0 Å². The van der Waals surface area contributed by atoms with Crippen LogP contribution >= 0.6 is 0 Å².